The lowest BCUT2D eigenvalue weighted by Gasteiger charge is -2.10. The highest BCUT2D eigenvalue weighted by Crippen LogP contribution is 2.31. The van der Waals surface area contributed by atoms with Gasteiger partial charge in [0, 0.05) is 19.3 Å². The summed E-state index contributed by atoms with van der Waals surface area (Å²) in [5.74, 6) is 0.406. The summed E-state index contributed by atoms with van der Waals surface area (Å²) in [5.41, 5.74) is 4.80. The van der Waals surface area contributed by atoms with E-state index in [0.717, 1.165) is 12.3 Å². The van der Waals surface area contributed by atoms with Crippen molar-refractivity contribution in [3.8, 4) is 0 Å². The SMILES string of the molecule is Cn1ccc(Nc2cc(C(F)(F)F)ncc2N)n1. The van der Waals surface area contributed by atoms with Gasteiger partial charge in [0.2, 0.25) is 0 Å². The number of nitrogens with zero attached hydrogens (tertiary/aromatic N) is 3. The maximum Gasteiger partial charge on any atom is 0.433 e. The number of nitrogens with two attached hydrogens (primary N) is 1. The second-order valence-corrected chi connectivity index (χ2v) is 3.65. The summed E-state index contributed by atoms with van der Waals surface area (Å²) >= 11 is 0. The van der Waals surface area contributed by atoms with Crippen LogP contribution < -0.4 is 11.1 Å². The van der Waals surface area contributed by atoms with E-state index in [-0.39, 0.29) is 11.4 Å². The fourth-order valence-electron chi connectivity index (χ4n) is 1.35. The third-order valence-corrected chi connectivity index (χ3v) is 2.20. The predicted octanol–water partition coefficient (Wildman–Crippen LogP) is 2.16. The van der Waals surface area contributed by atoms with Crippen LogP contribution in [0.1, 0.15) is 5.69 Å². The second kappa shape index (κ2) is 4.21. The minimum atomic E-state index is -4.51. The highest BCUT2D eigenvalue weighted by molar-refractivity contribution is 5.70. The second-order valence-electron chi connectivity index (χ2n) is 3.65. The Hall–Kier alpha value is -2.25. The normalized spacial score (nSPS) is 11.6. The Kier molecular flexibility index (Phi) is 2.85. The van der Waals surface area contributed by atoms with Crippen molar-refractivity contribution >= 4 is 17.2 Å². The van der Waals surface area contributed by atoms with Gasteiger partial charge in [-0.25, -0.2) is 4.98 Å². The number of pyridine rings is 1. The fraction of sp³-hybridized carbons (Fsp3) is 0.200. The van der Waals surface area contributed by atoms with Crippen LogP contribution in [-0.4, -0.2) is 14.8 Å². The third-order valence-electron chi connectivity index (χ3n) is 2.20. The summed E-state index contributed by atoms with van der Waals surface area (Å²) in [4.78, 5) is 3.24. The molecule has 0 aliphatic heterocycles. The summed E-state index contributed by atoms with van der Waals surface area (Å²) in [6.07, 6.45) is -1.88. The Morgan fingerprint density at radius 2 is 2.11 bits per heavy atom. The molecule has 2 rings (SSSR count). The molecule has 0 spiro atoms. The zero-order valence-electron chi connectivity index (χ0n) is 9.36. The first-order valence-corrected chi connectivity index (χ1v) is 4.95. The maximum atomic E-state index is 12.5. The number of halogens is 3. The lowest BCUT2D eigenvalue weighted by atomic mass is 10.2. The molecule has 8 heteroatoms. The Morgan fingerprint density at radius 1 is 1.39 bits per heavy atom. The van der Waals surface area contributed by atoms with Crippen LogP contribution >= 0.6 is 0 Å². The summed E-state index contributed by atoms with van der Waals surface area (Å²) in [6.45, 7) is 0. The van der Waals surface area contributed by atoms with Gasteiger partial charge in [-0.1, -0.05) is 0 Å². The van der Waals surface area contributed by atoms with Gasteiger partial charge >= 0.3 is 6.18 Å². The van der Waals surface area contributed by atoms with Crippen LogP contribution in [0.25, 0.3) is 0 Å². The first kappa shape index (κ1) is 12.2. The molecule has 5 nitrogen and oxygen atoms in total. The topological polar surface area (TPSA) is 68.8 Å². The summed E-state index contributed by atoms with van der Waals surface area (Å²) in [5, 5.41) is 6.70. The van der Waals surface area contributed by atoms with Crippen LogP contribution in [0, 0.1) is 0 Å². The van der Waals surface area contributed by atoms with Crippen molar-refractivity contribution in [2.75, 3.05) is 11.1 Å². The van der Waals surface area contributed by atoms with E-state index in [1.165, 1.54) is 4.68 Å². The molecular weight excluding hydrogens is 247 g/mol. The van der Waals surface area contributed by atoms with Crippen molar-refractivity contribution in [1.82, 2.24) is 14.8 Å². The number of anilines is 3. The molecule has 0 saturated carbocycles. The number of nitrogen functional groups attached to an aromatic ring is 1. The number of aromatic nitrogens is 3. The summed E-state index contributed by atoms with van der Waals surface area (Å²) < 4.78 is 39.0. The largest absolute Gasteiger partial charge is 0.433 e. The minimum Gasteiger partial charge on any atom is -0.396 e. The molecule has 18 heavy (non-hydrogen) atoms. The third kappa shape index (κ3) is 2.53. The highest BCUT2D eigenvalue weighted by atomic mass is 19.4. The molecule has 2 aromatic rings. The van der Waals surface area contributed by atoms with Crippen LogP contribution in [0.2, 0.25) is 0 Å². The van der Waals surface area contributed by atoms with Crippen LogP contribution in [0.4, 0.5) is 30.4 Å². The van der Waals surface area contributed by atoms with Crippen molar-refractivity contribution in [2.24, 2.45) is 7.05 Å². The molecule has 0 aliphatic rings. The number of nitrogens with one attached hydrogen (secondary N) is 1. The van der Waals surface area contributed by atoms with Gasteiger partial charge in [0.1, 0.15) is 5.69 Å². The maximum absolute atomic E-state index is 12.5. The number of hydrogen-bond donors (Lipinski definition) is 2. The van der Waals surface area contributed by atoms with E-state index < -0.39 is 11.9 Å². The van der Waals surface area contributed by atoms with Crippen LogP contribution in [0.15, 0.2) is 24.5 Å². The molecule has 0 aromatic carbocycles. The average Bonchev–Trinajstić information content (AvgIpc) is 2.66. The Morgan fingerprint density at radius 3 is 2.67 bits per heavy atom. The van der Waals surface area contributed by atoms with E-state index in [1.54, 1.807) is 19.3 Å². The van der Waals surface area contributed by atoms with Gasteiger partial charge in [-0.3, -0.25) is 4.68 Å². The molecular formula is C10H10F3N5. The monoisotopic (exact) mass is 257 g/mol. The molecule has 0 amide bonds. The number of rotatable bonds is 2. The lowest BCUT2D eigenvalue weighted by Crippen LogP contribution is -2.09. The smallest absolute Gasteiger partial charge is 0.396 e. The van der Waals surface area contributed by atoms with Crippen molar-refractivity contribution in [2.45, 2.75) is 6.18 Å². The molecule has 0 fully saturated rings. The molecule has 0 bridgehead atoms. The van der Waals surface area contributed by atoms with E-state index in [9.17, 15) is 13.2 Å². The van der Waals surface area contributed by atoms with E-state index in [2.05, 4.69) is 15.4 Å². The van der Waals surface area contributed by atoms with Crippen LogP contribution in [0.3, 0.4) is 0 Å². The number of aryl methyl sites for hydroxylation is 1. The molecule has 0 unspecified atom stereocenters. The van der Waals surface area contributed by atoms with Gasteiger partial charge < -0.3 is 11.1 Å². The average molecular weight is 257 g/mol. The number of alkyl halides is 3. The standard InChI is InChI=1S/C10H10F3N5/c1-18-3-2-9(17-18)16-7-4-8(10(11,12)13)15-5-6(7)14/h2-5H,14H2,1H3,(H,15,16,17). The summed E-state index contributed by atoms with van der Waals surface area (Å²) in [7, 11) is 1.70. The molecule has 3 N–H and O–H groups in total. The first-order valence-electron chi connectivity index (χ1n) is 4.95. The van der Waals surface area contributed by atoms with Crippen LogP contribution in [0.5, 0.6) is 0 Å². The zero-order valence-corrected chi connectivity index (χ0v) is 9.36. The van der Waals surface area contributed by atoms with Gasteiger partial charge in [0.15, 0.2) is 5.82 Å². The van der Waals surface area contributed by atoms with Crippen molar-refractivity contribution < 1.29 is 13.2 Å². The zero-order chi connectivity index (χ0) is 13.3. The predicted molar refractivity (Wildman–Crippen MR) is 60.1 cm³/mol. The lowest BCUT2D eigenvalue weighted by molar-refractivity contribution is -0.141. The Bertz CT molecular complexity index is 561. The molecule has 0 radical (unpaired) electrons. The first-order chi connectivity index (χ1) is 8.36. The minimum absolute atomic E-state index is 0.119. The molecule has 0 atom stereocenters. The van der Waals surface area contributed by atoms with Gasteiger partial charge in [0.05, 0.1) is 17.6 Å². The molecule has 96 valence electrons. The van der Waals surface area contributed by atoms with Crippen molar-refractivity contribution in [3.05, 3.63) is 30.2 Å². The van der Waals surface area contributed by atoms with E-state index >= 15 is 0 Å². The van der Waals surface area contributed by atoms with Gasteiger partial charge in [-0.05, 0) is 6.07 Å². The van der Waals surface area contributed by atoms with E-state index in [1.807, 2.05) is 0 Å². The molecule has 2 heterocycles. The molecule has 2 aromatic heterocycles. The number of hydrogen-bond acceptors (Lipinski definition) is 4. The highest BCUT2D eigenvalue weighted by Gasteiger charge is 2.33. The van der Waals surface area contributed by atoms with Gasteiger partial charge in [0.25, 0.3) is 0 Å². The Balaban J connectivity index is 2.32. The fourth-order valence-corrected chi connectivity index (χ4v) is 1.35. The van der Waals surface area contributed by atoms with E-state index in [4.69, 9.17) is 5.73 Å². The summed E-state index contributed by atoms with van der Waals surface area (Å²) in [6, 6.07) is 2.47. The Labute approximate surface area is 100 Å². The quantitative estimate of drug-likeness (QED) is 0.865. The molecule has 0 saturated heterocycles. The van der Waals surface area contributed by atoms with Crippen molar-refractivity contribution in [1.29, 1.82) is 0 Å². The van der Waals surface area contributed by atoms with Gasteiger partial charge in [-0.2, -0.15) is 18.3 Å². The van der Waals surface area contributed by atoms with Gasteiger partial charge in [-0.15, -0.1) is 0 Å². The molecule has 0 aliphatic carbocycles. The van der Waals surface area contributed by atoms with Crippen molar-refractivity contribution in [3.63, 3.8) is 0 Å². The van der Waals surface area contributed by atoms with Crippen LogP contribution in [-0.2, 0) is 13.2 Å². The van der Waals surface area contributed by atoms with E-state index in [0.29, 0.717) is 5.82 Å².